The molecule has 0 saturated heterocycles. The summed E-state index contributed by atoms with van der Waals surface area (Å²) in [6, 6.07) is 6.12. The SMILES string of the molecule is C=CCNC(=O)C1=C(C)c2cc3[n-]c(cc4[nH+]c(cc5[n-]c(c(CC(=O)OC)c1[nH+]2)C(CCC(=O)OC/C=C(\C)CCCC(C)CCCC(C)CCCC(C)C)C5C)C(C)=C4C=C)c(C)c3CC.[Mg+2]. The van der Waals surface area contributed by atoms with Crippen molar-refractivity contribution in [2.75, 3.05) is 20.3 Å². The summed E-state index contributed by atoms with van der Waals surface area (Å²) in [5, 5.41) is 2.97. The minimum Gasteiger partial charge on any atom is -0.664 e. The molecular formula is C58H81MgN5O5+2. The first-order chi connectivity index (χ1) is 32.5. The number of fused-ring (bicyclic) bond motifs is 8. The van der Waals surface area contributed by atoms with Crippen LogP contribution in [0.25, 0.3) is 33.3 Å². The molecule has 5 rings (SSSR count). The van der Waals surface area contributed by atoms with Gasteiger partial charge in [-0.05, 0) is 107 Å². The molecule has 69 heavy (non-hydrogen) atoms. The van der Waals surface area contributed by atoms with Gasteiger partial charge in [-0.1, -0.05) is 122 Å². The van der Waals surface area contributed by atoms with E-state index >= 15 is 0 Å². The molecule has 0 fully saturated rings. The number of aryl methyl sites for hydroxylation is 2. The number of esters is 2. The smallest absolute Gasteiger partial charge is 0.664 e. The molecule has 11 heteroatoms. The molecule has 2 aromatic rings. The maximum absolute atomic E-state index is 14.2. The van der Waals surface area contributed by atoms with E-state index in [4.69, 9.17) is 19.4 Å². The van der Waals surface area contributed by atoms with Crippen LogP contribution >= 0.6 is 0 Å². The van der Waals surface area contributed by atoms with E-state index in [9.17, 15) is 14.4 Å². The fourth-order valence-corrected chi connectivity index (χ4v) is 10.0. The molecular weight excluding hydrogens is 871 g/mol. The molecule has 2 aromatic heterocycles. The van der Waals surface area contributed by atoms with Crippen LogP contribution < -0.4 is 25.3 Å². The second-order valence-corrected chi connectivity index (χ2v) is 20.1. The number of hydrogen-bond acceptors (Lipinski definition) is 5. The van der Waals surface area contributed by atoms with Crippen LogP contribution in [-0.2, 0) is 36.7 Å². The molecule has 0 radical (unpaired) electrons. The normalized spacial score (nSPS) is 16.2. The van der Waals surface area contributed by atoms with Crippen LogP contribution in [0, 0.1) is 24.7 Å². The number of ether oxygens (including phenoxy) is 2. The van der Waals surface area contributed by atoms with Gasteiger partial charge in [0, 0.05) is 29.7 Å². The number of rotatable bonds is 24. The number of allylic oxidation sites excluding steroid dienone is 5. The summed E-state index contributed by atoms with van der Waals surface area (Å²) in [5.41, 5.74) is 13.0. The summed E-state index contributed by atoms with van der Waals surface area (Å²) < 4.78 is 11.1. The number of hydrogen-bond donors (Lipinski definition) is 1. The zero-order chi connectivity index (χ0) is 49.7. The first-order valence-electron chi connectivity index (χ1n) is 25.4. The Bertz CT molecular complexity index is 2490. The summed E-state index contributed by atoms with van der Waals surface area (Å²) in [7, 11) is 1.36. The molecule has 0 spiro atoms. The Morgan fingerprint density at radius 3 is 2.12 bits per heavy atom. The van der Waals surface area contributed by atoms with E-state index in [0.29, 0.717) is 46.1 Å². The molecule has 4 atom stereocenters. The van der Waals surface area contributed by atoms with Gasteiger partial charge in [0.1, 0.15) is 12.2 Å². The van der Waals surface area contributed by atoms with Crippen LogP contribution in [0.4, 0.5) is 0 Å². The van der Waals surface area contributed by atoms with Crippen LogP contribution in [-0.4, -0.2) is 61.2 Å². The van der Waals surface area contributed by atoms with Crippen molar-refractivity contribution < 1.29 is 33.8 Å². The fraction of sp³-hybridized carbons (Fsp3) is 0.534. The molecule has 0 aromatic carbocycles. The van der Waals surface area contributed by atoms with Crippen molar-refractivity contribution in [3.63, 3.8) is 0 Å². The molecule has 3 aliphatic heterocycles. The zero-order valence-electron chi connectivity index (χ0n) is 44.0. The quantitative estimate of drug-likeness (QED) is 0.0628. The minimum atomic E-state index is -0.480. The number of aromatic amines is 2. The number of nitrogens with zero attached hydrogens (tertiary/aromatic N) is 2. The van der Waals surface area contributed by atoms with Gasteiger partial charge in [0.05, 0.1) is 19.1 Å². The van der Waals surface area contributed by atoms with Crippen molar-refractivity contribution >= 4 is 74.2 Å². The van der Waals surface area contributed by atoms with Gasteiger partial charge in [0.15, 0.2) is 0 Å². The summed E-state index contributed by atoms with van der Waals surface area (Å²) in [6.07, 6.45) is 17.9. The van der Waals surface area contributed by atoms with Gasteiger partial charge in [0.25, 0.3) is 5.91 Å². The van der Waals surface area contributed by atoms with Crippen molar-refractivity contribution in [1.29, 1.82) is 0 Å². The Morgan fingerprint density at radius 1 is 0.826 bits per heavy atom. The number of aromatic nitrogens is 4. The Labute approximate surface area is 429 Å². The second kappa shape index (κ2) is 27.0. The number of carbonyl (C=O) groups excluding carboxylic acids is 3. The number of methoxy groups -OCH3 is 1. The molecule has 5 heterocycles. The van der Waals surface area contributed by atoms with Crippen molar-refractivity contribution in [2.45, 2.75) is 165 Å². The van der Waals surface area contributed by atoms with Crippen molar-refractivity contribution in [1.82, 2.24) is 15.3 Å². The molecule has 1 amide bonds. The van der Waals surface area contributed by atoms with Crippen LogP contribution in [0.1, 0.15) is 196 Å². The average Bonchev–Trinajstić information content (AvgIpc) is 3.98. The van der Waals surface area contributed by atoms with E-state index in [1.807, 2.05) is 25.1 Å². The third-order valence-corrected chi connectivity index (χ3v) is 14.4. The zero-order valence-corrected chi connectivity index (χ0v) is 45.4. The van der Waals surface area contributed by atoms with Gasteiger partial charge in [-0.15, -0.1) is 29.0 Å². The first kappa shape index (κ1) is 56.8. The second-order valence-electron chi connectivity index (χ2n) is 20.1. The van der Waals surface area contributed by atoms with Gasteiger partial charge in [0.2, 0.25) is 22.8 Å². The third kappa shape index (κ3) is 14.9. The van der Waals surface area contributed by atoms with Crippen molar-refractivity contribution in [2.24, 2.45) is 17.8 Å². The number of nitrogens with one attached hydrogen (secondary N) is 3. The van der Waals surface area contributed by atoms with Crippen molar-refractivity contribution in [3.05, 3.63) is 106 Å². The maximum atomic E-state index is 14.2. The number of amides is 1. The van der Waals surface area contributed by atoms with Crippen LogP contribution in [0.5, 0.6) is 0 Å². The molecule has 368 valence electrons. The number of H-pyrrole nitrogens is 2. The molecule has 10 nitrogen and oxygen atoms in total. The van der Waals surface area contributed by atoms with E-state index in [1.54, 1.807) is 6.08 Å². The molecule has 8 bridgehead atoms. The van der Waals surface area contributed by atoms with Gasteiger partial charge in [-0.2, -0.15) is 0 Å². The first-order valence-corrected chi connectivity index (χ1v) is 25.4. The van der Waals surface area contributed by atoms with Gasteiger partial charge >= 0.3 is 35.0 Å². The molecule has 4 unspecified atom stereocenters. The van der Waals surface area contributed by atoms with E-state index in [-0.39, 0.29) is 72.8 Å². The Morgan fingerprint density at radius 2 is 1.48 bits per heavy atom. The molecule has 3 N–H and O–H groups in total. The largest absolute Gasteiger partial charge is 2.00 e. The standard InChI is InChI=1S/C58H80N5O5.Mg/c1-14-29-59-58(66)55-42(12)50-34-52-44(16-3)40(10)48(61-52)33-51-43(15-2)39(9)47(60-51)32-49-41(11)45(56(62-49)46(57(55)63-50)31-54(65)67-13)26-27-53(64)68-30-28-38(8)25-19-24-37(7)23-18-22-36(6)21-17-20-35(4)5;/h14-15,28,32-37,41,45H,1-2,16-27,29-31H2,3-13H3,(H2-,59,60,61,62,63,66);/q-1;+2/p+1/b38-28+;. The van der Waals surface area contributed by atoms with E-state index in [0.717, 1.165) is 81.5 Å². The monoisotopic (exact) mass is 952 g/mol. The summed E-state index contributed by atoms with van der Waals surface area (Å²) in [6.45, 7) is 30.2. The molecule has 0 saturated carbocycles. The number of carbonyl (C=O) groups is 3. The van der Waals surface area contributed by atoms with Crippen LogP contribution in [0.15, 0.2) is 55.2 Å². The predicted octanol–water partition coefficient (Wildman–Crippen LogP) is 11.3. The van der Waals surface area contributed by atoms with Crippen molar-refractivity contribution in [3.8, 4) is 0 Å². The topological polar surface area (TPSA) is 138 Å². The van der Waals surface area contributed by atoms with Gasteiger partial charge in [-0.3, -0.25) is 14.4 Å². The Hall–Kier alpha value is -4.74. The summed E-state index contributed by atoms with van der Waals surface area (Å²) in [5.74, 6) is 0.756. The van der Waals surface area contributed by atoms with Gasteiger partial charge in [-0.25, -0.2) is 9.97 Å². The van der Waals surface area contributed by atoms with Crippen LogP contribution in [0.2, 0.25) is 0 Å². The third-order valence-electron chi connectivity index (χ3n) is 14.4. The van der Waals surface area contributed by atoms with E-state index in [1.165, 1.54) is 57.6 Å². The summed E-state index contributed by atoms with van der Waals surface area (Å²) >= 11 is 0. The fourth-order valence-electron chi connectivity index (χ4n) is 10.0. The minimum absolute atomic E-state index is 0. The molecule has 3 aliphatic rings. The maximum Gasteiger partial charge on any atom is 2.00 e. The van der Waals surface area contributed by atoms with E-state index < -0.39 is 5.97 Å². The van der Waals surface area contributed by atoms with Gasteiger partial charge < -0.3 is 24.8 Å². The Kier molecular flexibility index (Phi) is 22.3. The van der Waals surface area contributed by atoms with E-state index in [2.05, 4.69) is 103 Å². The predicted molar refractivity (Wildman–Crippen MR) is 282 cm³/mol. The average molecular weight is 953 g/mol. The molecule has 0 aliphatic carbocycles. The Balaban J connectivity index is 0.0000104. The van der Waals surface area contributed by atoms with Crippen LogP contribution in [0.3, 0.4) is 0 Å². The summed E-state index contributed by atoms with van der Waals surface area (Å²) in [4.78, 5) is 58.8.